The number of nitrogens with one attached hydrogen (secondary N) is 1. The van der Waals surface area contributed by atoms with Crippen molar-refractivity contribution in [3.05, 3.63) is 59.4 Å². The Labute approximate surface area is 152 Å². The molecule has 0 heterocycles. The summed E-state index contributed by atoms with van der Waals surface area (Å²) >= 11 is 0. The number of esters is 1. The Morgan fingerprint density at radius 1 is 1.11 bits per heavy atom. The van der Waals surface area contributed by atoms with Crippen LogP contribution >= 0.6 is 0 Å². The van der Waals surface area contributed by atoms with E-state index in [0.717, 1.165) is 6.07 Å². The van der Waals surface area contributed by atoms with Gasteiger partial charge >= 0.3 is 5.97 Å². The minimum Gasteiger partial charge on any atom is -0.482 e. The maximum absolute atomic E-state index is 13.5. The lowest BCUT2D eigenvalue weighted by Crippen LogP contribution is -2.32. The van der Waals surface area contributed by atoms with Crippen LogP contribution in [-0.4, -0.2) is 24.6 Å². The number of halogens is 3. The smallest absolute Gasteiger partial charge is 0.344 e. The Bertz CT molecular complexity index is 895. The molecule has 0 aliphatic carbocycles. The number of amides is 1. The summed E-state index contributed by atoms with van der Waals surface area (Å²) in [6, 6.07) is 9.36. The summed E-state index contributed by atoms with van der Waals surface area (Å²) in [5, 5.41) is 10.7. The molecule has 0 unspecified atom stereocenters. The molecule has 9 heteroatoms. The van der Waals surface area contributed by atoms with Gasteiger partial charge in [0.1, 0.15) is 5.75 Å². The lowest BCUT2D eigenvalue weighted by Gasteiger charge is -2.14. The van der Waals surface area contributed by atoms with Crippen molar-refractivity contribution in [2.24, 2.45) is 0 Å². The Morgan fingerprint density at radius 2 is 1.78 bits per heavy atom. The third kappa shape index (κ3) is 5.22. The molecule has 0 fully saturated rings. The second kappa shape index (κ2) is 8.71. The Kier molecular flexibility index (Phi) is 6.38. The normalized spacial score (nSPS) is 11.2. The molecular formula is C18H13F3N2O4. The average molecular weight is 378 g/mol. The van der Waals surface area contributed by atoms with Crippen molar-refractivity contribution >= 4 is 17.6 Å². The number of anilines is 1. The van der Waals surface area contributed by atoms with Gasteiger partial charge in [0.2, 0.25) is 0 Å². The molecular weight excluding hydrogens is 365 g/mol. The number of nitrogens with zero attached hydrogens (tertiary/aromatic N) is 1. The minimum absolute atomic E-state index is 0.312. The molecule has 0 aliphatic heterocycles. The molecule has 0 bridgehead atoms. The molecule has 6 nitrogen and oxygen atoms in total. The Balaban J connectivity index is 1.87. The predicted molar refractivity (Wildman–Crippen MR) is 87.2 cm³/mol. The number of hydrogen-bond acceptors (Lipinski definition) is 5. The van der Waals surface area contributed by atoms with Gasteiger partial charge in [0.15, 0.2) is 30.2 Å². The summed E-state index contributed by atoms with van der Waals surface area (Å²) in [5.74, 6) is -6.20. The molecule has 140 valence electrons. The third-order valence-electron chi connectivity index (χ3n) is 3.31. The lowest BCUT2D eigenvalue weighted by molar-refractivity contribution is -0.155. The van der Waals surface area contributed by atoms with Gasteiger partial charge in [0.25, 0.3) is 5.91 Å². The van der Waals surface area contributed by atoms with Crippen LogP contribution in [0.3, 0.4) is 0 Å². The van der Waals surface area contributed by atoms with Gasteiger partial charge in [-0.15, -0.1) is 0 Å². The van der Waals surface area contributed by atoms with Crippen LogP contribution in [0.1, 0.15) is 12.5 Å². The summed E-state index contributed by atoms with van der Waals surface area (Å²) in [5.41, 5.74) is -0.171. The first-order chi connectivity index (χ1) is 12.8. The molecule has 0 saturated carbocycles. The van der Waals surface area contributed by atoms with E-state index in [2.05, 4.69) is 0 Å². The second-order valence-electron chi connectivity index (χ2n) is 5.27. The van der Waals surface area contributed by atoms with E-state index in [9.17, 15) is 22.8 Å². The SMILES string of the molecule is C[C@@H](OC(=O)COc1ccc(C#N)cc1)C(=O)Nc1ccc(F)c(F)c1F. The molecule has 2 rings (SSSR count). The van der Waals surface area contributed by atoms with E-state index in [4.69, 9.17) is 14.7 Å². The van der Waals surface area contributed by atoms with Crippen LogP contribution in [-0.2, 0) is 14.3 Å². The Hall–Kier alpha value is -3.54. The maximum atomic E-state index is 13.5. The fraction of sp³-hybridized carbons (Fsp3) is 0.167. The first-order valence-electron chi connectivity index (χ1n) is 7.58. The average Bonchev–Trinajstić information content (AvgIpc) is 2.67. The molecule has 1 amide bonds. The van der Waals surface area contributed by atoms with Crippen molar-refractivity contribution in [2.75, 3.05) is 11.9 Å². The summed E-state index contributed by atoms with van der Waals surface area (Å²) in [4.78, 5) is 23.6. The van der Waals surface area contributed by atoms with Crippen molar-refractivity contribution in [3.8, 4) is 11.8 Å². The van der Waals surface area contributed by atoms with Crippen molar-refractivity contribution in [3.63, 3.8) is 0 Å². The molecule has 1 N–H and O–H groups in total. The van der Waals surface area contributed by atoms with Gasteiger partial charge in [-0.2, -0.15) is 5.26 Å². The van der Waals surface area contributed by atoms with E-state index in [1.807, 2.05) is 11.4 Å². The number of carbonyl (C=O) groups excluding carboxylic acids is 2. The van der Waals surface area contributed by atoms with Gasteiger partial charge in [0.05, 0.1) is 17.3 Å². The predicted octanol–water partition coefficient (Wildman–Crippen LogP) is 2.92. The van der Waals surface area contributed by atoms with Crippen LogP contribution < -0.4 is 10.1 Å². The zero-order valence-electron chi connectivity index (χ0n) is 14.0. The van der Waals surface area contributed by atoms with Crippen molar-refractivity contribution < 1.29 is 32.2 Å². The lowest BCUT2D eigenvalue weighted by atomic mass is 10.2. The van der Waals surface area contributed by atoms with Crippen LogP contribution in [0, 0.1) is 28.8 Å². The number of ether oxygens (including phenoxy) is 2. The van der Waals surface area contributed by atoms with E-state index in [1.54, 1.807) is 0 Å². The van der Waals surface area contributed by atoms with Crippen molar-refractivity contribution in [2.45, 2.75) is 13.0 Å². The van der Waals surface area contributed by atoms with Gasteiger partial charge in [0, 0.05) is 0 Å². The molecule has 0 aliphatic rings. The monoisotopic (exact) mass is 378 g/mol. The number of benzene rings is 2. The molecule has 1 atom stereocenters. The van der Waals surface area contributed by atoms with Crippen LogP contribution in [0.15, 0.2) is 36.4 Å². The first kappa shape index (κ1) is 19.8. The highest BCUT2D eigenvalue weighted by Crippen LogP contribution is 2.20. The first-order valence-corrected chi connectivity index (χ1v) is 7.58. The van der Waals surface area contributed by atoms with E-state index >= 15 is 0 Å². The van der Waals surface area contributed by atoms with Gasteiger partial charge in [-0.1, -0.05) is 0 Å². The molecule has 0 radical (unpaired) electrons. The zero-order chi connectivity index (χ0) is 20.0. The molecule has 0 spiro atoms. The summed E-state index contributed by atoms with van der Waals surface area (Å²) in [7, 11) is 0. The van der Waals surface area contributed by atoms with Crippen LogP contribution in [0.2, 0.25) is 0 Å². The molecule has 0 saturated heterocycles. The number of carbonyl (C=O) groups is 2. The molecule has 27 heavy (non-hydrogen) atoms. The summed E-state index contributed by atoms with van der Waals surface area (Å²) < 4.78 is 49.5. The zero-order valence-corrected chi connectivity index (χ0v) is 14.0. The van der Waals surface area contributed by atoms with E-state index in [0.29, 0.717) is 17.4 Å². The molecule has 2 aromatic carbocycles. The van der Waals surface area contributed by atoms with Crippen LogP contribution in [0.4, 0.5) is 18.9 Å². The highest BCUT2D eigenvalue weighted by Gasteiger charge is 2.21. The minimum atomic E-state index is -1.73. The van der Waals surface area contributed by atoms with Crippen LogP contribution in [0.5, 0.6) is 5.75 Å². The fourth-order valence-corrected chi connectivity index (χ4v) is 1.91. The van der Waals surface area contributed by atoms with Gasteiger partial charge in [-0.05, 0) is 43.3 Å². The standard InChI is InChI=1S/C18H13F3N2O4/c1-10(18(25)23-14-7-6-13(19)16(20)17(14)21)27-15(24)9-26-12-4-2-11(8-22)3-5-12/h2-7,10H,9H2,1H3,(H,23,25)/t10-/m1/s1. The topological polar surface area (TPSA) is 88.4 Å². The number of nitriles is 1. The van der Waals surface area contributed by atoms with E-state index in [1.165, 1.54) is 31.2 Å². The Morgan fingerprint density at radius 3 is 2.41 bits per heavy atom. The van der Waals surface area contributed by atoms with Gasteiger partial charge in [-0.3, -0.25) is 4.79 Å². The summed E-state index contributed by atoms with van der Waals surface area (Å²) in [6.45, 7) is 0.704. The number of hydrogen-bond donors (Lipinski definition) is 1. The second-order valence-corrected chi connectivity index (χ2v) is 5.27. The highest BCUT2D eigenvalue weighted by atomic mass is 19.2. The largest absolute Gasteiger partial charge is 0.482 e. The summed E-state index contributed by atoms with van der Waals surface area (Å²) in [6.07, 6.45) is -1.34. The van der Waals surface area contributed by atoms with Crippen molar-refractivity contribution in [1.29, 1.82) is 5.26 Å². The van der Waals surface area contributed by atoms with Crippen LogP contribution in [0.25, 0.3) is 0 Å². The third-order valence-corrected chi connectivity index (χ3v) is 3.31. The number of rotatable bonds is 6. The maximum Gasteiger partial charge on any atom is 0.344 e. The molecule has 2 aromatic rings. The van der Waals surface area contributed by atoms with Crippen molar-refractivity contribution in [1.82, 2.24) is 0 Å². The highest BCUT2D eigenvalue weighted by molar-refractivity contribution is 5.95. The van der Waals surface area contributed by atoms with Gasteiger partial charge < -0.3 is 14.8 Å². The fourth-order valence-electron chi connectivity index (χ4n) is 1.91. The quantitative estimate of drug-likeness (QED) is 0.617. The van der Waals surface area contributed by atoms with E-state index < -0.39 is 47.7 Å². The van der Waals surface area contributed by atoms with E-state index in [-0.39, 0.29) is 0 Å². The van der Waals surface area contributed by atoms with Gasteiger partial charge in [-0.25, -0.2) is 18.0 Å². The molecule has 0 aromatic heterocycles.